The number of carbonyl (C=O) groups is 1. The van der Waals surface area contributed by atoms with E-state index in [1.807, 2.05) is 24.3 Å². The van der Waals surface area contributed by atoms with Crippen LogP contribution in [0.25, 0.3) is 0 Å². The lowest BCUT2D eigenvalue weighted by Gasteiger charge is -2.06. The van der Waals surface area contributed by atoms with Crippen molar-refractivity contribution in [1.29, 1.82) is 0 Å². The van der Waals surface area contributed by atoms with Crippen molar-refractivity contribution in [3.8, 4) is 17.6 Å². The Morgan fingerprint density at radius 1 is 1.00 bits per heavy atom. The van der Waals surface area contributed by atoms with Crippen LogP contribution in [0.5, 0.6) is 5.75 Å². The van der Waals surface area contributed by atoms with Crippen LogP contribution in [0.2, 0.25) is 0 Å². The molecule has 0 bridgehead atoms. The van der Waals surface area contributed by atoms with Gasteiger partial charge in [0.05, 0.1) is 6.20 Å². The third kappa shape index (κ3) is 9.23. The first-order chi connectivity index (χ1) is 13.8. The van der Waals surface area contributed by atoms with Crippen molar-refractivity contribution in [3.05, 3.63) is 54.4 Å². The standard InChI is InChI=1S/C24H30N2O2/c1-2-3-4-5-6-7-8-9-19-26-22-15-12-21(13-16-22)14-17-24(27)28-23-11-10-18-25-20-23/h10-13,15-16,18,20,26H,2-9,19H2,1H3. The molecule has 0 saturated heterocycles. The lowest BCUT2D eigenvalue weighted by Crippen LogP contribution is -2.04. The summed E-state index contributed by atoms with van der Waals surface area (Å²) in [5.74, 6) is 5.11. The Bertz CT molecular complexity index is 746. The molecule has 0 aliphatic heterocycles. The van der Waals surface area contributed by atoms with Gasteiger partial charge in [-0.1, -0.05) is 57.8 Å². The topological polar surface area (TPSA) is 51.2 Å². The van der Waals surface area contributed by atoms with Crippen LogP contribution in [0.3, 0.4) is 0 Å². The maximum atomic E-state index is 11.7. The fourth-order valence-corrected chi connectivity index (χ4v) is 2.83. The first-order valence-corrected chi connectivity index (χ1v) is 10.3. The van der Waals surface area contributed by atoms with E-state index in [9.17, 15) is 4.79 Å². The van der Waals surface area contributed by atoms with E-state index in [1.165, 1.54) is 57.6 Å². The lowest BCUT2D eigenvalue weighted by atomic mass is 10.1. The number of carbonyl (C=O) groups excluding carboxylic acids is 1. The van der Waals surface area contributed by atoms with E-state index < -0.39 is 5.97 Å². The smallest absolute Gasteiger partial charge is 0.390 e. The number of rotatable bonds is 11. The number of nitrogens with one attached hydrogen (secondary N) is 1. The quantitative estimate of drug-likeness (QED) is 0.314. The molecule has 0 saturated carbocycles. The summed E-state index contributed by atoms with van der Waals surface area (Å²) >= 11 is 0. The van der Waals surface area contributed by atoms with E-state index in [2.05, 4.69) is 29.1 Å². The molecule has 0 aliphatic carbocycles. The normalized spacial score (nSPS) is 10.0. The van der Waals surface area contributed by atoms with Gasteiger partial charge in [0.15, 0.2) is 0 Å². The van der Waals surface area contributed by atoms with Crippen LogP contribution in [0.4, 0.5) is 5.69 Å². The highest BCUT2D eigenvalue weighted by atomic mass is 16.5. The van der Waals surface area contributed by atoms with Gasteiger partial charge in [-0.15, -0.1) is 0 Å². The van der Waals surface area contributed by atoms with E-state index in [0.29, 0.717) is 5.75 Å². The molecule has 0 unspecified atom stereocenters. The molecule has 148 valence electrons. The summed E-state index contributed by atoms with van der Waals surface area (Å²) in [7, 11) is 0. The second-order valence-electron chi connectivity index (χ2n) is 6.81. The van der Waals surface area contributed by atoms with Crippen molar-refractivity contribution < 1.29 is 9.53 Å². The second-order valence-corrected chi connectivity index (χ2v) is 6.81. The Kier molecular flexibility index (Phi) is 10.3. The molecule has 4 nitrogen and oxygen atoms in total. The molecule has 0 amide bonds. The first kappa shape index (κ1) is 21.5. The monoisotopic (exact) mass is 378 g/mol. The minimum absolute atomic E-state index is 0.391. The van der Waals surface area contributed by atoms with Gasteiger partial charge in [-0.2, -0.15) is 0 Å². The number of unbranched alkanes of at least 4 members (excludes halogenated alkanes) is 7. The Labute approximate surface area is 168 Å². The summed E-state index contributed by atoms with van der Waals surface area (Å²) in [5, 5.41) is 3.43. The van der Waals surface area contributed by atoms with Crippen molar-refractivity contribution >= 4 is 11.7 Å². The Hall–Kier alpha value is -2.80. The Balaban J connectivity index is 1.63. The number of anilines is 1. The molecule has 1 aromatic heterocycles. The number of hydrogen-bond donors (Lipinski definition) is 1. The van der Waals surface area contributed by atoms with Crippen molar-refractivity contribution in [3.63, 3.8) is 0 Å². The summed E-state index contributed by atoms with van der Waals surface area (Å²) in [4.78, 5) is 15.6. The van der Waals surface area contributed by atoms with E-state index in [4.69, 9.17) is 4.74 Å². The van der Waals surface area contributed by atoms with E-state index in [0.717, 1.165) is 17.8 Å². The molecule has 1 aromatic carbocycles. The fraction of sp³-hybridized carbons (Fsp3) is 0.417. The maximum Gasteiger partial charge on any atom is 0.390 e. The zero-order valence-corrected chi connectivity index (χ0v) is 16.7. The molecule has 0 spiro atoms. The summed E-state index contributed by atoms with van der Waals surface area (Å²) in [6.45, 7) is 3.24. The summed E-state index contributed by atoms with van der Waals surface area (Å²) in [5.41, 5.74) is 1.85. The van der Waals surface area contributed by atoms with Gasteiger partial charge >= 0.3 is 5.97 Å². The highest BCUT2D eigenvalue weighted by Gasteiger charge is 2.00. The summed E-state index contributed by atoms with van der Waals surface area (Å²) in [6, 6.07) is 11.2. The number of hydrogen-bond acceptors (Lipinski definition) is 4. The van der Waals surface area contributed by atoms with E-state index in [1.54, 1.807) is 18.3 Å². The van der Waals surface area contributed by atoms with E-state index in [-0.39, 0.29) is 0 Å². The number of nitrogens with zero attached hydrogens (tertiary/aromatic N) is 1. The summed E-state index contributed by atoms with van der Waals surface area (Å²) < 4.78 is 5.09. The molecule has 28 heavy (non-hydrogen) atoms. The number of benzene rings is 1. The van der Waals surface area contributed by atoms with Crippen LogP contribution in [0, 0.1) is 11.8 Å². The molecule has 1 heterocycles. The van der Waals surface area contributed by atoms with E-state index >= 15 is 0 Å². The SMILES string of the molecule is CCCCCCCCCCNc1ccc(C#CC(=O)Oc2cccnc2)cc1. The average molecular weight is 379 g/mol. The molecule has 4 heteroatoms. The minimum atomic E-state index is -0.593. The fourth-order valence-electron chi connectivity index (χ4n) is 2.83. The average Bonchev–Trinajstić information content (AvgIpc) is 2.73. The molecular formula is C24H30N2O2. The van der Waals surface area contributed by atoms with Crippen LogP contribution >= 0.6 is 0 Å². The third-order valence-electron chi connectivity index (χ3n) is 4.40. The number of pyridine rings is 1. The van der Waals surface area contributed by atoms with Crippen molar-refractivity contribution in [2.75, 3.05) is 11.9 Å². The molecule has 0 fully saturated rings. The van der Waals surface area contributed by atoms with Crippen LogP contribution < -0.4 is 10.1 Å². The van der Waals surface area contributed by atoms with Gasteiger partial charge in [-0.25, -0.2) is 4.79 Å². The van der Waals surface area contributed by atoms with Crippen LogP contribution in [-0.4, -0.2) is 17.5 Å². The van der Waals surface area contributed by atoms with Gasteiger partial charge in [0.1, 0.15) is 5.75 Å². The minimum Gasteiger partial charge on any atom is -0.415 e. The van der Waals surface area contributed by atoms with Crippen LogP contribution in [-0.2, 0) is 4.79 Å². The Morgan fingerprint density at radius 3 is 2.39 bits per heavy atom. The highest BCUT2D eigenvalue weighted by molar-refractivity contribution is 5.90. The van der Waals surface area contributed by atoms with Crippen LogP contribution in [0.15, 0.2) is 48.8 Å². The highest BCUT2D eigenvalue weighted by Crippen LogP contribution is 2.11. The molecule has 0 radical (unpaired) electrons. The zero-order valence-electron chi connectivity index (χ0n) is 16.7. The lowest BCUT2D eigenvalue weighted by molar-refractivity contribution is -0.128. The predicted octanol–water partition coefficient (Wildman–Crippen LogP) is 5.59. The van der Waals surface area contributed by atoms with Crippen molar-refractivity contribution in [2.45, 2.75) is 58.3 Å². The third-order valence-corrected chi connectivity index (χ3v) is 4.40. The van der Waals surface area contributed by atoms with Gasteiger partial charge in [0.25, 0.3) is 0 Å². The molecular weight excluding hydrogens is 348 g/mol. The van der Waals surface area contributed by atoms with Gasteiger partial charge in [-0.3, -0.25) is 4.98 Å². The predicted molar refractivity (Wildman–Crippen MR) is 114 cm³/mol. The molecule has 0 atom stereocenters. The first-order valence-electron chi connectivity index (χ1n) is 10.3. The number of ether oxygens (including phenoxy) is 1. The Morgan fingerprint density at radius 2 is 1.71 bits per heavy atom. The number of aromatic nitrogens is 1. The zero-order chi connectivity index (χ0) is 19.9. The van der Waals surface area contributed by atoms with Crippen molar-refractivity contribution in [1.82, 2.24) is 4.98 Å². The van der Waals surface area contributed by atoms with Gasteiger partial charge < -0.3 is 10.1 Å². The molecule has 0 aliphatic rings. The van der Waals surface area contributed by atoms with Gasteiger partial charge in [0.2, 0.25) is 0 Å². The number of esters is 1. The van der Waals surface area contributed by atoms with Crippen molar-refractivity contribution in [2.24, 2.45) is 0 Å². The van der Waals surface area contributed by atoms with Gasteiger partial charge in [-0.05, 0) is 42.8 Å². The maximum absolute atomic E-state index is 11.7. The van der Waals surface area contributed by atoms with Crippen LogP contribution in [0.1, 0.15) is 63.9 Å². The molecule has 2 rings (SSSR count). The largest absolute Gasteiger partial charge is 0.415 e. The van der Waals surface area contributed by atoms with Gasteiger partial charge in [0, 0.05) is 29.9 Å². The molecule has 1 N–H and O–H groups in total. The molecule has 2 aromatic rings. The second kappa shape index (κ2) is 13.4. The summed E-state index contributed by atoms with van der Waals surface area (Å²) in [6.07, 6.45) is 13.7.